The number of carbonyl (C=O) groups is 2. The van der Waals surface area contributed by atoms with E-state index in [-0.39, 0.29) is 11.3 Å². The fourth-order valence-corrected chi connectivity index (χ4v) is 2.03. The van der Waals surface area contributed by atoms with E-state index in [0.717, 1.165) is 0 Å². The zero-order chi connectivity index (χ0) is 16.4. The molecule has 118 valence electrons. The van der Waals surface area contributed by atoms with Gasteiger partial charge in [-0.1, -0.05) is 5.16 Å². The molecule has 0 saturated carbocycles. The Morgan fingerprint density at radius 3 is 2.68 bits per heavy atom. The number of nitrogens with one attached hydrogen (secondary N) is 1. The van der Waals surface area contributed by atoms with Crippen LogP contribution in [0, 0.1) is 13.8 Å². The van der Waals surface area contributed by atoms with Crippen LogP contribution in [-0.4, -0.2) is 39.6 Å². The van der Waals surface area contributed by atoms with Gasteiger partial charge in [0.2, 0.25) is 6.43 Å². The largest absolute Gasteiger partial charge is 0.480 e. The Labute approximate surface area is 123 Å². The first-order chi connectivity index (χ1) is 10.3. The molecule has 1 atom stereocenters. The predicted molar refractivity (Wildman–Crippen MR) is 70.8 cm³/mol. The number of carboxylic acid groups (broad SMARTS) is 1. The first-order valence-corrected chi connectivity index (χ1v) is 6.35. The highest BCUT2D eigenvalue weighted by atomic mass is 19.3. The fraction of sp³-hybridized carbons (Fsp3) is 0.385. The summed E-state index contributed by atoms with van der Waals surface area (Å²) in [4.78, 5) is 27.3. The van der Waals surface area contributed by atoms with Crippen LogP contribution in [0.15, 0.2) is 10.6 Å². The molecule has 0 bridgehead atoms. The summed E-state index contributed by atoms with van der Waals surface area (Å²) in [5, 5.41) is 15.0. The molecule has 7 nitrogen and oxygen atoms in total. The highest BCUT2D eigenvalue weighted by molar-refractivity contribution is 6.07. The van der Waals surface area contributed by atoms with Crippen molar-refractivity contribution in [3.63, 3.8) is 0 Å². The van der Waals surface area contributed by atoms with Crippen molar-refractivity contribution in [3.8, 4) is 0 Å². The van der Waals surface area contributed by atoms with Crippen LogP contribution in [0.3, 0.4) is 0 Å². The second kappa shape index (κ2) is 6.04. The van der Waals surface area contributed by atoms with Crippen LogP contribution in [0.5, 0.6) is 0 Å². The number of carbonyl (C=O) groups excluding carboxylic acids is 1. The van der Waals surface area contributed by atoms with E-state index in [0.29, 0.717) is 16.8 Å². The molecule has 0 aliphatic heterocycles. The maximum Gasteiger partial charge on any atom is 0.326 e. The molecule has 0 aliphatic rings. The zero-order valence-corrected chi connectivity index (χ0v) is 11.8. The summed E-state index contributed by atoms with van der Waals surface area (Å²) in [6, 6.07) is -0.264. The fourth-order valence-electron chi connectivity index (χ4n) is 2.03. The van der Waals surface area contributed by atoms with Crippen molar-refractivity contribution in [2.45, 2.75) is 32.7 Å². The first-order valence-electron chi connectivity index (χ1n) is 6.35. The Morgan fingerprint density at radius 2 is 2.09 bits per heavy atom. The van der Waals surface area contributed by atoms with Gasteiger partial charge in [0.05, 0.1) is 16.6 Å². The van der Waals surface area contributed by atoms with Crippen molar-refractivity contribution in [2.24, 2.45) is 0 Å². The minimum atomic E-state index is -2.85. The average molecular weight is 313 g/mol. The minimum absolute atomic E-state index is 0.0850. The number of halogens is 2. The van der Waals surface area contributed by atoms with Crippen molar-refractivity contribution >= 4 is 23.0 Å². The first kappa shape index (κ1) is 15.8. The summed E-state index contributed by atoms with van der Waals surface area (Å²) >= 11 is 0. The van der Waals surface area contributed by atoms with E-state index in [1.807, 2.05) is 0 Å². The molecule has 0 aliphatic carbocycles. The molecule has 1 unspecified atom stereocenters. The quantitative estimate of drug-likeness (QED) is 0.870. The number of aliphatic carboxylic acids is 1. The molecule has 9 heteroatoms. The van der Waals surface area contributed by atoms with Gasteiger partial charge in [-0.3, -0.25) is 4.79 Å². The Balaban J connectivity index is 2.36. The maximum atomic E-state index is 12.4. The lowest BCUT2D eigenvalue weighted by Crippen LogP contribution is -2.42. The molecule has 0 saturated heterocycles. The lowest BCUT2D eigenvalue weighted by molar-refractivity contribution is -0.140. The molecule has 0 radical (unpaired) electrons. The molecule has 2 N–H and O–H groups in total. The Bertz CT molecular complexity index is 729. The van der Waals surface area contributed by atoms with Gasteiger partial charge in [0.1, 0.15) is 6.04 Å². The number of rotatable bonds is 5. The van der Waals surface area contributed by atoms with E-state index < -0.39 is 30.8 Å². The number of nitrogens with zero attached hydrogens (tertiary/aromatic N) is 2. The third-order valence-electron chi connectivity index (χ3n) is 3.01. The monoisotopic (exact) mass is 313 g/mol. The average Bonchev–Trinajstić information content (AvgIpc) is 2.77. The molecular weight excluding hydrogens is 300 g/mol. The third kappa shape index (κ3) is 3.18. The van der Waals surface area contributed by atoms with Crippen molar-refractivity contribution in [2.75, 3.05) is 0 Å². The molecule has 2 aromatic heterocycles. The SMILES string of the molecule is Cc1cc(C(=O)NC(CC(F)F)C(=O)O)c2c(C)noc2n1. The van der Waals surface area contributed by atoms with Gasteiger partial charge in [0.15, 0.2) is 0 Å². The van der Waals surface area contributed by atoms with Gasteiger partial charge in [0.25, 0.3) is 11.6 Å². The standard InChI is InChI=1S/C13H13F2N3O4/c1-5-3-7(10-6(2)18-22-12(10)16-5)11(19)17-8(13(20)21)4-9(14)15/h3,8-9H,4H2,1-2H3,(H,17,19)(H,20,21). The van der Waals surface area contributed by atoms with E-state index in [1.165, 1.54) is 6.07 Å². The van der Waals surface area contributed by atoms with Crippen LogP contribution in [0.4, 0.5) is 8.78 Å². The van der Waals surface area contributed by atoms with E-state index in [9.17, 15) is 18.4 Å². The Hall–Kier alpha value is -2.58. The number of hydrogen-bond donors (Lipinski definition) is 2. The second-order valence-corrected chi connectivity index (χ2v) is 4.75. The molecule has 2 heterocycles. The number of amides is 1. The normalized spacial score (nSPS) is 12.6. The molecular formula is C13H13F2N3O4. The molecule has 2 aromatic rings. The molecule has 2 rings (SSSR count). The lowest BCUT2D eigenvalue weighted by Gasteiger charge is -2.14. The van der Waals surface area contributed by atoms with Crippen LogP contribution >= 0.6 is 0 Å². The van der Waals surface area contributed by atoms with Crippen LogP contribution < -0.4 is 5.32 Å². The molecule has 22 heavy (non-hydrogen) atoms. The van der Waals surface area contributed by atoms with E-state index in [4.69, 9.17) is 9.63 Å². The number of aromatic nitrogens is 2. The van der Waals surface area contributed by atoms with E-state index in [1.54, 1.807) is 13.8 Å². The number of hydrogen-bond acceptors (Lipinski definition) is 5. The van der Waals surface area contributed by atoms with Gasteiger partial charge in [-0.25, -0.2) is 18.6 Å². The number of alkyl halides is 2. The topological polar surface area (TPSA) is 105 Å². The van der Waals surface area contributed by atoms with Crippen molar-refractivity contribution in [1.29, 1.82) is 0 Å². The van der Waals surface area contributed by atoms with Gasteiger partial charge in [0, 0.05) is 12.1 Å². The van der Waals surface area contributed by atoms with Crippen molar-refractivity contribution in [3.05, 3.63) is 23.0 Å². The lowest BCUT2D eigenvalue weighted by atomic mass is 10.1. The Morgan fingerprint density at radius 1 is 1.41 bits per heavy atom. The molecule has 1 amide bonds. The van der Waals surface area contributed by atoms with E-state index >= 15 is 0 Å². The number of fused-ring (bicyclic) bond motifs is 1. The van der Waals surface area contributed by atoms with Gasteiger partial charge in [-0.15, -0.1) is 0 Å². The zero-order valence-electron chi connectivity index (χ0n) is 11.8. The van der Waals surface area contributed by atoms with Crippen LogP contribution in [0.2, 0.25) is 0 Å². The van der Waals surface area contributed by atoms with Gasteiger partial charge < -0.3 is 14.9 Å². The Kier molecular flexibility index (Phi) is 4.34. The molecule has 0 spiro atoms. The van der Waals surface area contributed by atoms with Crippen LogP contribution in [0.25, 0.3) is 11.1 Å². The summed E-state index contributed by atoms with van der Waals surface area (Å²) in [7, 11) is 0. The summed E-state index contributed by atoms with van der Waals surface area (Å²) in [5.41, 5.74) is 1.06. The van der Waals surface area contributed by atoms with Crippen LogP contribution in [0.1, 0.15) is 28.2 Å². The number of carboxylic acids is 1. The minimum Gasteiger partial charge on any atom is -0.480 e. The summed E-state index contributed by atoms with van der Waals surface area (Å²) in [5.74, 6) is -2.33. The van der Waals surface area contributed by atoms with Crippen molar-refractivity contribution < 1.29 is 28.0 Å². The van der Waals surface area contributed by atoms with Gasteiger partial charge >= 0.3 is 5.97 Å². The van der Waals surface area contributed by atoms with Gasteiger partial charge in [-0.2, -0.15) is 0 Å². The summed E-state index contributed by atoms with van der Waals surface area (Å²) in [6.45, 7) is 3.20. The maximum absolute atomic E-state index is 12.4. The van der Waals surface area contributed by atoms with Crippen molar-refractivity contribution in [1.82, 2.24) is 15.5 Å². The highest BCUT2D eigenvalue weighted by Crippen LogP contribution is 2.22. The van der Waals surface area contributed by atoms with Gasteiger partial charge in [-0.05, 0) is 19.9 Å². The second-order valence-electron chi connectivity index (χ2n) is 4.75. The number of aryl methyl sites for hydroxylation is 2. The van der Waals surface area contributed by atoms with Crippen LogP contribution in [-0.2, 0) is 4.79 Å². The summed E-state index contributed by atoms with van der Waals surface area (Å²) in [6.07, 6.45) is -3.82. The predicted octanol–water partition coefficient (Wildman–Crippen LogP) is 1.68. The highest BCUT2D eigenvalue weighted by Gasteiger charge is 2.26. The molecule has 0 aromatic carbocycles. The number of pyridine rings is 1. The smallest absolute Gasteiger partial charge is 0.326 e. The third-order valence-corrected chi connectivity index (χ3v) is 3.01. The summed E-state index contributed by atoms with van der Waals surface area (Å²) < 4.78 is 29.7. The van der Waals surface area contributed by atoms with E-state index in [2.05, 4.69) is 15.5 Å². The molecule has 0 fully saturated rings.